The number of nitrogens with zero attached hydrogens (tertiary/aromatic N) is 1. The smallest absolute Gasteiger partial charge is 0.407 e. The number of rotatable bonds is 22. The molecule has 2 aromatic rings. The zero-order valence-electron chi connectivity index (χ0n) is 25.9. The molecule has 16 heteroatoms. The fourth-order valence-electron chi connectivity index (χ4n) is 4.43. The molecule has 3 rings (SSSR count). The molecule has 5 N–H and O–H groups in total. The molecule has 1 heterocycles. The number of aliphatic hydroxyl groups excluding tert-OH is 1. The van der Waals surface area contributed by atoms with Crippen LogP contribution in [0.3, 0.4) is 0 Å². The number of carbonyl (C=O) groups is 3. The van der Waals surface area contributed by atoms with Crippen molar-refractivity contribution in [2.45, 2.75) is 12.1 Å². The Morgan fingerprint density at radius 1 is 0.766 bits per heavy atom. The summed E-state index contributed by atoms with van der Waals surface area (Å²) >= 11 is 0. The lowest BCUT2D eigenvalue weighted by molar-refractivity contribution is -0.0146. The molecule has 0 saturated carbocycles. The summed E-state index contributed by atoms with van der Waals surface area (Å²) in [4.78, 5) is 38.1. The van der Waals surface area contributed by atoms with E-state index in [4.69, 9.17) is 44.4 Å². The van der Waals surface area contributed by atoms with Crippen LogP contribution in [-0.2, 0) is 23.7 Å². The van der Waals surface area contributed by atoms with Gasteiger partial charge in [-0.05, 0) is 24.3 Å². The molecule has 1 aliphatic rings. The lowest BCUT2D eigenvalue weighted by atomic mass is 10.00. The summed E-state index contributed by atoms with van der Waals surface area (Å²) in [5, 5.41) is 20.4. The molecular weight excluding hydrogens is 628 g/mol. The first-order chi connectivity index (χ1) is 22.7. The number of ketones is 1. The molecule has 1 fully saturated rings. The van der Waals surface area contributed by atoms with Crippen molar-refractivity contribution in [1.82, 2.24) is 10.2 Å². The number of carbonyl (C=O) groups excluding carboxylic acids is 2. The van der Waals surface area contributed by atoms with E-state index in [-0.39, 0.29) is 63.0 Å². The Balaban J connectivity index is 1.38. The highest BCUT2D eigenvalue weighted by molar-refractivity contribution is 6.11. The van der Waals surface area contributed by atoms with Gasteiger partial charge in [-0.2, -0.15) is 0 Å². The summed E-state index contributed by atoms with van der Waals surface area (Å²) in [6, 6.07) is 6.10. The van der Waals surface area contributed by atoms with Crippen LogP contribution in [0.4, 0.5) is 13.6 Å². The van der Waals surface area contributed by atoms with Crippen LogP contribution < -0.4 is 15.8 Å². The highest BCUT2D eigenvalue weighted by Crippen LogP contribution is 2.27. The molecule has 2 atom stereocenters. The molecular formula is C31H41F2N3O11. The normalized spacial score (nSPS) is 16.0. The van der Waals surface area contributed by atoms with Gasteiger partial charge in [-0.3, -0.25) is 9.59 Å². The second-order valence-corrected chi connectivity index (χ2v) is 10.2. The minimum absolute atomic E-state index is 0.0146. The zero-order valence-corrected chi connectivity index (χ0v) is 25.9. The van der Waals surface area contributed by atoms with Crippen LogP contribution in [0.5, 0.6) is 5.75 Å². The zero-order chi connectivity index (χ0) is 34.0. The highest BCUT2D eigenvalue weighted by Gasteiger charge is 2.34. The monoisotopic (exact) mass is 669 g/mol. The summed E-state index contributed by atoms with van der Waals surface area (Å²) in [5.41, 5.74) is 5.49. The number of benzene rings is 2. The number of nitrogens with one attached hydrogen (secondary N) is 1. The summed E-state index contributed by atoms with van der Waals surface area (Å²) in [7, 11) is 0. The molecule has 0 radical (unpaired) electrons. The Kier molecular flexibility index (Phi) is 16.4. The van der Waals surface area contributed by atoms with E-state index in [1.807, 2.05) is 0 Å². The van der Waals surface area contributed by atoms with Crippen molar-refractivity contribution in [3.63, 3.8) is 0 Å². The average molecular weight is 670 g/mol. The maximum absolute atomic E-state index is 14.8. The number of aliphatic hydroxyl groups is 1. The number of nitrogens with two attached hydrogens (primary N) is 1. The lowest BCUT2D eigenvalue weighted by Crippen LogP contribution is -2.46. The number of hydrogen-bond donors (Lipinski definition) is 4. The van der Waals surface area contributed by atoms with Gasteiger partial charge in [-0.25, -0.2) is 13.6 Å². The number of likely N-dealkylation sites (tertiary alicyclic amines) is 1. The Morgan fingerprint density at radius 3 is 1.79 bits per heavy atom. The van der Waals surface area contributed by atoms with Gasteiger partial charge in [-0.15, -0.1) is 0 Å². The van der Waals surface area contributed by atoms with Crippen molar-refractivity contribution >= 4 is 17.8 Å². The maximum atomic E-state index is 14.8. The molecule has 0 aliphatic carbocycles. The molecule has 260 valence electrons. The molecule has 2 amide bonds. The second kappa shape index (κ2) is 20.5. The van der Waals surface area contributed by atoms with Gasteiger partial charge < -0.3 is 54.6 Å². The van der Waals surface area contributed by atoms with E-state index >= 15 is 0 Å². The molecule has 0 bridgehead atoms. The second-order valence-electron chi connectivity index (χ2n) is 10.2. The summed E-state index contributed by atoms with van der Waals surface area (Å²) in [5.74, 6) is -4.16. The Bertz CT molecular complexity index is 1290. The van der Waals surface area contributed by atoms with Crippen molar-refractivity contribution in [3.05, 3.63) is 64.7 Å². The lowest BCUT2D eigenvalue weighted by Gasteiger charge is -2.16. The van der Waals surface area contributed by atoms with Crippen LogP contribution in [0.1, 0.15) is 26.3 Å². The third-order valence-corrected chi connectivity index (χ3v) is 6.85. The van der Waals surface area contributed by atoms with Crippen molar-refractivity contribution < 1.29 is 61.8 Å². The number of hydrogen-bond acceptors (Lipinski definition) is 11. The summed E-state index contributed by atoms with van der Waals surface area (Å²) in [6.07, 6.45) is -1.14. The van der Waals surface area contributed by atoms with Crippen LogP contribution in [0, 0.1) is 11.6 Å². The van der Waals surface area contributed by atoms with Gasteiger partial charge in [0, 0.05) is 30.3 Å². The summed E-state index contributed by atoms with van der Waals surface area (Å²) < 4.78 is 61.0. The van der Waals surface area contributed by atoms with E-state index in [2.05, 4.69) is 5.32 Å². The van der Waals surface area contributed by atoms with Crippen LogP contribution in [0.15, 0.2) is 36.4 Å². The number of ether oxygens (including phenoxy) is 6. The third-order valence-electron chi connectivity index (χ3n) is 6.85. The van der Waals surface area contributed by atoms with Gasteiger partial charge in [-0.1, -0.05) is 12.1 Å². The quantitative estimate of drug-likeness (QED) is 0.103. The standard InChI is InChI=1S/C31H41F2N3O11/c32-23-5-6-26(47-18-17-46-16-15-45-14-13-44-12-11-43-10-9-42-8-7-37)27(28(23)33)29(38)21-1-3-22(4-2-21)30(39)35-25-20-36(31(40)41)19-24(25)34/h1-6,24-25,37H,7-20,34H2,(H,35,39)(H,40,41)/t24-,25-/m1/s1. The molecule has 0 aromatic heterocycles. The average Bonchev–Trinajstić information content (AvgIpc) is 3.43. The van der Waals surface area contributed by atoms with Crippen LogP contribution in [0.2, 0.25) is 0 Å². The topological polar surface area (TPSA) is 188 Å². The predicted molar refractivity (Wildman–Crippen MR) is 162 cm³/mol. The van der Waals surface area contributed by atoms with E-state index in [9.17, 15) is 23.2 Å². The summed E-state index contributed by atoms with van der Waals surface area (Å²) in [6.45, 7) is 3.31. The minimum Gasteiger partial charge on any atom is -0.490 e. The van der Waals surface area contributed by atoms with Crippen LogP contribution in [0.25, 0.3) is 0 Å². The van der Waals surface area contributed by atoms with E-state index in [1.165, 1.54) is 24.3 Å². The van der Waals surface area contributed by atoms with Gasteiger partial charge in [0.1, 0.15) is 17.9 Å². The van der Waals surface area contributed by atoms with Gasteiger partial charge >= 0.3 is 6.09 Å². The van der Waals surface area contributed by atoms with Crippen molar-refractivity contribution in [1.29, 1.82) is 0 Å². The molecule has 47 heavy (non-hydrogen) atoms. The van der Waals surface area contributed by atoms with Gasteiger partial charge in [0.05, 0.1) is 78.7 Å². The molecule has 1 aliphatic heterocycles. The number of halogens is 2. The van der Waals surface area contributed by atoms with E-state index < -0.39 is 47.1 Å². The van der Waals surface area contributed by atoms with Gasteiger partial charge in [0.25, 0.3) is 5.91 Å². The number of carboxylic acid groups (broad SMARTS) is 1. The van der Waals surface area contributed by atoms with E-state index in [0.717, 1.165) is 17.0 Å². The first-order valence-electron chi connectivity index (χ1n) is 15.0. The fraction of sp³-hybridized carbons (Fsp3) is 0.516. The molecule has 1 saturated heterocycles. The third kappa shape index (κ3) is 12.4. The SMILES string of the molecule is N[C@@H]1CN(C(=O)O)C[C@H]1NC(=O)c1ccc(C(=O)c2c(OCCOCCOCCOCCOCCOCCO)ccc(F)c2F)cc1. The van der Waals surface area contributed by atoms with Crippen molar-refractivity contribution in [2.24, 2.45) is 5.73 Å². The van der Waals surface area contributed by atoms with Crippen molar-refractivity contribution in [3.8, 4) is 5.75 Å². The Labute approximate surface area is 270 Å². The number of amides is 2. The van der Waals surface area contributed by atoms with Crippen LogP contribution >= 0.6 is 0 Å². The predicted octanol–water partition coefficient (Wildman–Crippen LogP) is 1.07. The molecule has 0 spiro atoms. The largest absolute Gasteiger partial charge is 0.490 e. The molecule has 14 nitrogen and oxygen atoms in total. The first-order valence-corrected chi connectivity index (χ1v) is 15.0. The molecule has 2 aromatic carbocycles. The van der Waals surface area contributed by atoms with Gasteiger partial charge in [0.15, 0.2) is 17.4 Å². The first kappa shape index (κ1) is 37.7. The van der Waals surface area contributed by atoms with Gasteiger partial charge in [0.2, 0.25) is 0 Å². The van der Waals surface area contributed by atoms with E-state index in [0.29, 0.717) is 46.2 Å². The minimum atomic E-state index is -1.37. The Hall–Kier alpha value is -3.77. The fourth-order valence-corrected chi connectivity index (χ4v) is 4.43. The maximum Gasteiger partial charge on any atom is 0.407 e. The highest BCUT2D eigenvalue weighted by atomic mass is 19.2. The van der Waals surface area contributed by atoms with Crippen LogP contribution in [-0.4, -0.2) is 137 Å². The van der Waals surface area contributed by atoms with Crippen molar-refractivity contribution in [2.75, 3.05) is 92.4 Å². The molecule has 0 unspecified atom stereocenters. The van der Waals surface area contributed by atoms with E-state index in [1.54, 1.807) is 0 Å². The Morgan fingerprint density at radius 2 is 1.28 bits per heavy atom.